The number of hydrogen-bond acceptors (Lipinski definition) is 7. The molecule has 3 heterocycles. The number of anilines is 2. The molecule has 0 unspecified atom stereocenters. The molecule has 2 aromatic heterocycles. The van der Waals surface area contributed by atoms with E-state index in [1.807, 2.05) is 75.4 Å². The molecule has 1 atom stereocenters. The predicted molar refractivity (Wildman–Crippen MR) is 161 cm³/mol. The molecule has 5 rings (SSSR count). The Labute approximate surface area is 240 Å². The number of benzene rings is 2. The van der Waals surface area contributed by atoms with Crippen LogP contribution in [0.2, 0.25) is 0 Å². The first-order valence-electron chi connectivity index (χ1n) is 13.8. The first-order valence-corrected chi connectivity index (χ1v) is 13.8. The van der Waals surface area contributed by atoms with Crippen LogP contribution < -0.4 is 21.1 Å². The van der Waals surface area contributed by atoms with Gasteiger partial charge < -0.3 is 20.3 Å². The van der Waals surface area contributed by atoms with Crippen LogP contribution in [0.25, 0.3) is 11.3 Å². The fourth-order valence-corrected chi connectivity index (χ4v) is 5.00. The van der Waals surface area contributed by atoms with Crippen LogP contribution in [0, 0.1) is 0 Å². The number of hydrogen-bond donors (Lipinski definition) is 2. The van der Waals surface area contributed by atoms with E-state index in [4.69, 9.17) is 9.72 Å². The second-order valence-electron chi connectivity index (χ2n) is 11.3. The minimum atomic E-state index is -0.620. The van der Waals surface area contributed by atoms with Crippen molar-refractivity contribution in [1.82, 2.24) is 19.9 Å². The quantitative estimate of drug-likeness (QED) is 0.320. The molecule has 2 N–H and O–H groups in total. The lowest BCUT2D eigenvalue weighted by atomic mass is 10.1. The van der Waals surface area contributed by atoms with Crippen LogP contribution in [0.1, 0.15) is 37.5 Å². The van der Waals surface area contributed by atoms with E-state index < -0.39 is 11.7 Å². The number of alkyl carbamates (subject to hydrolysis) is 1. The molecule has 1 aliphatic heterocycles. The topological polar surface area (TPSA) is 101 Å². The number of pyridine rings is 1. The summed E-state index contributed by atoms with van der Waals surface area (Å²) in [6.07, 6.45) is 3.47. The summed E-state index contributed by atoms with van der Waals surface area (Å²) >= 11 is 0. The summed E-state index contributed by atoms with van der Waals surface area (Å²) in [7, 11) is 1.72. The summed E-state index contributed by atoms with van der Waals surface area (Å²) in [6.45, 7) is 7.10. The smallest absolute Gasteiger partial charge is 0.407 e. The van der Waals surface area contributed by atoms with E-state index in [9.17, 15) is 9.59 Å². The van der Waals surface area contributed by atoms with E-state index in [-0.39, 0.29) is 11.6 Å². The molecular formula is C32H36N6O3. The van der Waals surface area contributed by atoms with Gasteiger partial charge in [-0.1, -0.05) is 54.6 Å². The summed E-state index contributed by atoms with van der Waals surface area (Å²) in [6, 6.07) is 21.6. The van der Waals surface area contributed by atoms with Crippen molar-refractivity contribution in [3.05, 3.63) is 106 Å². The van der Waals surface area contributed by atoms with Crippen molar-refractivity contribution in [3.63, 3.8) is 0 Å². The highest BCUT2D eigenvalue weighted by Crippen LogP contribution is 2.33. The number of amides is 1. The van der Waals surface area contributed by atoms with Crippen LogP contribution in [-0.2, 0) is 31.3 Å². The van der Waals surface area contributed by atoms with Gasteiger partial charge in [-0.25, -0.2) is 9.78 Å². The van der Waals surface area contributed by atoms with Crippen LogP contribution in [0.3, 0.4) is 0 Å². The van der Waals surface area contributed by atoms with Gasteiger partial charge in [-0.3, -0.25) is 14.3 Å². The van der Waals surface area contributed by atoms with Gasteiger partial charge in [0.25, 0.3) is 5.56 Å². The molecule has 0 fully saturated rings. The third-order valence-electron chi connectivity index (χ3n) is 6.93. The number of carbonyl (C=O) groups is 1. The first kappa shape index (κ1) is 27.9. The molecular weight excluding hydrogens is 516 g/mol. The Morgan fingerprint density at radius 1 is 0.976 bits per heavy atom. The molecule has 0 spiro atoms. The van der Waals surface area contributed by atoms with E-state index in [0.29, 0.717) is 43.4 Å². The lowest BCUT2D eigenvalue weighted by molar-refractivity contribution is 0.0507. The number of nitrogens with zero attached hydrogens (tertiary/aromatic N) is 4. The Hall–Kier alpha value is -4.66. The Kier molecular flexibility index (Phi) is 8.05. The van der Waals surface area contributed by atoms with E-state index in [0.717, 1.165) is 11.1 Å². The van der Waals surface area contributed by atoms with E-state index >= 15 is 0 Å². The molecule has 0 aliphatic carbocycles. The highest BCUT2D eigenvalue weighted by molar-refractivity contribution is 5.76. The Balaban J connectivity index is 1.45. The van der Waals surface area contributed by atoms with E-state index in [1.54, 1.807) is 19.4 Å². The maximum Gasteiger partial charge on any atom is 0.407 e. The molecule has 2 aromatic carbocycles. The van der Waals surface area contributed by atoms with Gasteiger partial charge in [0.2, 0.25) is 5.95 Å². The fraction of sp³-hybridized carbons (Fsp3) is 0.312. The van der Waals surface area contributed by atoms with Crippen LogP contribution in [0.15, 0.2) is 83.9 Å². The minimum absolute atomic E-state index is 0.151. The number of fused-ring (bicyclic) bond motifs is 1. The second kappa shape index (κ2) is 11.8. The number of aromatic nitrogens is 3. The normalized spacial score (nSPS) is 13.4. The summed E-state index contributed by atoms with van der Waals surface area (Å²) in [4.78, 5) is 37.8. The molecule has 1 amide bonds. The van der Waals surface area contributed by atoms with Gasteiger partial charge in [-0.2, -0.15) is 0 Å². The fourth-order valence-electron chi connectivity index (χ4n) is 5.00. The lowest BCUT2D eigenvalue weighted by Gasteiger charge is -2.25. The summed E-state index contributed by atoms with van der Waals surface area (Å²) in [5, 5.41) is 6.32. The van der Waals surface area contributed by atoms with Gasteiger partial charge in [0, 0.05) is 44.6 Å². The summed E-state index contributed by atoms with van der Waals surface area (Å²) in [5.41, 5.74) is 4.65. The van der Waals surface area contributed by atoms with Crippen molar-refractivity contribution >= 4 is 17.7 Å². The monoisotopic (exact) mass is 552 g/mol. The zero-order valence-electron chi connectivity index (χ0n) is 23.9. The van der Waals surface area contributed by atoms with Crippen LogP contribution in [-0.4, -0.2) is 38.8 Å². The molecule has 0 bridgehead atoms. The highest BCUT2D eigenvalue weighted by Gasteiger charge is 2.27. The van der Waals surface area contributed by atoms with Gasteiger partial charge in [0.1, 0.15) is 17.0 Å². The highest BCUT2D eigenvalue weighted by atomic mass is 16.6. The number of rotatable bonds is 8. The zero-order valence-corrected chi connectivity index (χ0v) is 23.9. The first-order chi connectivity index (χ1) is 19.7. The van der Waals surface area contributed by atoms with Gasteiger partial charge in [0.05, 0.1) is 6.04 Å². The molecule has 0 saturated heterocycles. The molecule has 1 aliphatic rings. The summed E-state index contributed by atoms with van der Waals surface area (Å²) < 4.78 is 7.05. The maximum atomic E-state index is 13.9. The largest absolute Gasteiger partial charge is 0.444 e. The summed E-state index contributed by atoms with van der Waals surface area (Å²) in [5.74, 6) is 0.409. The van der Waals surface area contributed by atoms with Crippen molar-refractivity contribution in [2.75, 3.05) is 16.8 Å². The molecule has 9 nitrogen and oxygen atoms in total. The Morgan fingerprint density at radius 3 is 2.24 bits per heavy atom. The average molecular weight is 553 g/mol. The third-order valence-corrected chi connectivity index (χ3v) is 6.93. The molecule has 9 heteroatoms. The molecule has 212 valence electrons. The second-order valence-corrected chi connectivity index (χ2v) is 11.3. The van der Waals surface area contributed by atoms with Gasteiger partial charge >= 0.3 is 6.09 Å². The van der Waals surface area contributed by atoms with Crippen LogP contribution in [0.4, 0.5) is 16.4 Å². The third kappa shape index (κ3) is 6.74. The molecule has 0 radical (unpaired) electrons. The number of carbonyl (C=O) groups excluding carboxylic acids is 1. The van der Waals surface area contributed by atoms with Crippen LogP contribution in [0.5, 0.6) is 0 Å². The van der Waals surface area contributed by atoms with Gasteiger partial charge in [0.15, 0.2) is 0 Å². The lowest BCUT2D eigenvalue weighted by Crippen LogP contribution is -2.44. The molecule has 41 heavy (non-hydrogen) atoms. The SMILES string of the molecule is Cn1c(NC[C@H](Cc2ccccc2)NC(=O)OC(C)(C)C)nc(-c2ccncc2)c(N2Cc3ccccc3C2)c1=O. The predicted octanol–water partition coefficient (Wildman–Crippen LogP) is 4.91. The number of nitrogens with one attached hydrogen (secondary N) is 2. The van der Waals surface area contributed by atoms with Gasteiger partial charge in [-0.05, 0) is 56.0 Å². The molecule has 0 saturated carbocycles. The average Bonchev–Trinajstić information content (AvgIpc) is 3.37. The van der Waals surface area contributed by atoms with Crippen molar-refractivity contribution < 1.29 is 9.53 Å². The van der Waals surface area contributed by atoms with Crippen molar-refractivity contribution in [2.45, 2.75) is 51.9 Å². The standard InChI is InChI=1S/C32H36N6O3/c1-32(2,3)41-31(40)35-26(18-22-10-6-5-7-11-22)19-34-30-36-27(23-14-16-33-17-15-23)28(29(39)37(30)4)38-20-24-12-8-9-13-25(24)21-38/h5-17,26H,18-21H2,1-4H3,(H,34,36)(H,35,40)/t26-/m0/s1. The van der Waals surface area contributed by atoms with Gasteiger partial charge in [-0.15, -0.1) is 0 Å². The zero-order chi connectivity index (χ0) is 29.0. The van der Waals surface area contributed by atoms with Crippen molar-refractivity contribution in [2.24, 2.45) is 7.05 Å². The Morgan fingerprint density at radius 2 is 1.61 bits per heavy atom. The molecule has 4 aromatic rings. The van der Waals surface area contributed by atoms with Crippen molar-refractivity contribution in [1.29, 1.82) is 0 Å². The minimum Gasteiger partial charge on any atom is -0.444 e. The van der Waals surface area contributed by atoms with Crippen molar-refractivity contribution in [3.8, 4) is 11.3 Å². The maximum absolute atomic E-state index is 13.9. The van der Waals surface area contributed by atoms with Crippen LogP contribution >= 0.6 is 0 Å². The van der Waals surface area contributed by atoms with E-state index in [2.05, 4.69) is 32.7 Å². The number of ether oxygens (including phenoxy) is 1. The Bertz CT molecular complexity index is 1540. The van der Waals surface area contributed by atoms with E-state index in [1.165, 1.54) is 15.7 Å².